The van der Waals surface area contributed by atoms with Crippen LogP contribution in [-0.4, -0.2) is 32.4 Å². The fourth-order valence-electron chi connectivity index (χ4n) is 1.71. The second-order valence-corrected chi connectivity index (χ2v) is 4.87. The van der Waals surface area contributed by atoms with E-state index in [0.29, 0.717) is 12.5 Å². The molecule has 0 aliphatic rings. The molecule has 0 aliphatic carbocycles. The normalized spacial score (nSPS) is 11.6. The van der Waals surface area contributed by atoms with Gasteiger partial charge in [0.25, 0.3) is 0 Å². The average Bonchev–Trinajstić information content (AvgIpc) is 2.50. The predicted molar refractivity (Wildman–Crippen MR) is 98.2 cm³/mol. The smallest absolute Gasteiger partial charge is 0.422 e. The molecule has 0 aromatic heterocycles. The number of hydrogen-bond acceptors (Lipinski definition) is 3. The Morgan fingerprint density at radius 2 is 2.00 bits per heavy atom. The first-order valence-electron chi connectivity index (χ1n) is 7.26. The minimum absolute atomic E-state index is 0. The van der Waals surface area contributed by atoms with Gasteiger partial charge in [-0.2, -0.15) is 13.2 Å². The second-order valence-electron chi connectivity index (χ2n) is 4.87. The Bertz CT molecular complexity index is 525. The summed E-state index contributed by atoms with van der Waals surface area (Å²) in [6.07, 6.45) is -2.35. The Kier molecular flexibility index (Phi) is 10.6. The van der Waals surface area contributed by atoms with Crippen molar-refractivity contribution in [2.45, 2.75) is 32.5 Å². The number of rotatable bonds is 8. The Hall–Kier alpha value is -1.39. The van der Waals surface area contributed by atoms with Crippen LogP contribution in [0.1, 0.15) is 25.3 Å². The molecule has 0 atom stereocenters. The van der Waals surface area contributed by atoms with Gasteiger partial charge in [0.1, 0.15) is 0 Å². The average molecular weight is 461 g/mol. The molecule has 0 spiro atoms. The van der Waals surface area contributed by atoms with E-state index < -0.39 is 12.8 Å². The van der Waals surface area contributed by atoms with Gasteiger partial charge in [-0.25, -0.2) is 4.99 Å². The number of hydrogen-bond donors (Lipinski definition) is 2. The van der Waals surface area contributed by atoms with Crippen LogP contribution in [-0.2, 0) is 6.54 Å². The van der Waals surface area contributed by atoms with Crippen LogP contribution in [0.3, 0.4) is 0 Å². The maximum absolute atomic E-state index is 12.2. The summed E-state index contributed by atoms with van der Waals surface area (Å²) in [7, 11) is 1.36. The minimum atomic E-state index is -4.40. The Morgan fingerprint density at radius 3 is 2.58 bits per heavy atom. The van der Waals surface area contributed by atoms with Gasteiger partial charge in [0.2, 0.25) is 0 Å². The molecule has 0 saturated heterocycles. The summed E-state index contributed by atoms with van der Waals surface area (Å²) in [5.41, 5.74) is 6.47. The molecule has 1 rings (SSSR count). The van der Waals surface area contributed by atoms with Crippen LogP contribution < -0.4 is 20.5 Å². The molecule has 0 radical (unpaired) electrons. The molecule has 1 aromatic carbocycles. The molecule has 0 amide bonds. The molecule has 1 aromatic rings. The highest BCUT2D eigenvalue weighted by molar-refractivity contribution is 14.0. The lowest BCUT2D eigenvalue weighted by Gasteiger charge is -2.13. The maximum Gasteiger partial charge on any atom is 0.422 e. The largest absolute Gasteiger partial charge is 0.493 e. The highest BCUT2D eigenvalue weighted by Gasteiger charge is 2.29. The van der Waals surface area contributed by atoms with E-state index in [2.05, 4.69) is 17.2 Å². The van der Waals surface area contributed by atoms with Crippen molar-refractivity contribution in [3.05, 3.63) is 23.8 Å². The number of alkyl halides is 3. The van der Waals surface area contributed by atoms with Gasteiger partial charge in [0.05, 0.1) is 13.7 Å². The zero-order valence-corrected chi connectivity index (χ0v) is 16.0. The Labute approximate surface area is 156 Å². The summed E-state index contributed by atoms with van der Waals surface area (Å²) >= 11 is 0. The number of benzene rings is 1. The number of nitrogens with zero attached hydrogens (tertiary/aromatic N) is 1. The summed E-state index contributed by atoms with van der Waals surface area (Å²) in [6.45, 7) is 1.75. The van der Waals surface area contributed by atoms with E-state index in [1.54, 1.807) is 12.1 Å². The third kappa shape index (κ3) is 9.04. The van der Waals surface area contributed by atoms with Gasteiger partial charge >= 0.3 is 6.18 Å². The monoisotopic (exact) mass is 461 g/mol. The number of ether oxygens (including phenoxy) is 2. The number of aliphatic imine (C=N–C) groups is 1. The van der Waals surface area contributed by atoms with E-state index in [4.69, 9.17) is 15.2 Å². The molecule has 3 N–H and O–H groups in total. The molecule has 0 aliphatic heterocycles. The number of unbranched alkanes of at least 4 members (excludes halogenated alkanes) is 1. The third-order valence-corrected chi connectivity index (χ3v) is 2.89. The first kappa shape index (κ1) is 22.6. The molecule has 0 fully saturated rings. The van der Waals surface area contributed by atoms with Crippen molar-refractivity contribution in [1.29, 1.82) is 0 Å². The Morgan fingerprint density at radius 1 is 1.29 bits per heavy atom. The van der Waals surface area contributed by atoms with Crippen LogP contribution in [0, 0.1) is 0 Å². The van der Waals surface area contributed by atoms with Crippen molar-refractivity contribution < 1.29 is 22.6 Å². The zero-order valence-electron chi connectivity index (χ0n) is 13.7. The minimum Gasteiger partial charge on any atom is -0.493 e. The Balaban J connectivity index is 0.00000529. The van der Waals surface area contributed by atoms with Crippen molar-refractivity contribution in [3.63, 3.8) is 0 Å². The number of guanidine groups is 1. The van der Waals surface area contributed by atoms with E-state index in [1.165, 1.54) is 13.2 Å². The van der Waals surface area contributed by atoms with Crippen molar-refractivity contribution >= 4 is 29.9 Å². The van der Waals surface area contributed by atoms with Gasteiger partial charge in [-0.1, -0.05) is 19.4 Å². The lowest BCUT2D eigenvalue weighted by molar-refractivity contribution is -0.153. The van der Waals surface area contributed by atoms with Gasteiger partial charge in [-0.15, -0.1) is 24.0 Å². The topological polar surface area (TPSA) is 68.9 Å². The number of nitrogens with two attached hydrogens (primary N) is 1. The fraction of sp³-hybridized carbons (Fsp3) is 0.533. The maximum atomic E-state index is 12.2. The van der Waals surface area contributed by atoms with Crippen LogP contribution in [0.15, 0.2) is 23.2 Å². The van der Waals surface area contributed by atoms with Crippen molar-refractivity contribution in [1.82, 2.24) is 5.32 Å². The lowest BCUT2D eigenvalue weighted by atomic mass is 10.2. The van der Waals surface area contributed by atoms with Crippen LogP contribution >= 0.6 is 24.0 Å². The number of nitrogens with one attached hydrogen (secondary N) is 1. The van der Waals surface area contributed by atoms with Gasteiger partial charge in [0.15, 0.2) is 24.1 Å². The van der Waals surface area contributed by atoms with Crippen LogP contribution in [0.4, 0.5) is 13.2 Å². The molecule has 5 nitrogen and oxygen atoms in total. The molecule has 0 saturated carbocycles. The van der Waals surface area contributed by atoms with Crippen LogP contribution in [0.5, 0.6) is 11.5 Å². The number of methoxy groups -OCH3 is 1. The molecule has 0 unspecified atom stereocenters. The van der Waals surface area contributed by atoms with Crippen molar-refractivity contribution in [2.24, 2.45) is 10.7 Å². The van der Waals surface area contributed by atoms with E-state index in [9.17, 15) is 13.2 Å². The van der Waals surface area contributed by atoms with E-state index in [0.717, 1.165) is 24.9 Å². The van der Waals surface area contributed by atoms with Crippen molar-refractivity contribution in [2.75, 3.05) is 20.3 Å². The molecule has 9 heteroatoms. The van der Waals surface area contributed by atoms with E-state index in [-0.39, 0.29) is 35.5 Å². The SMILES string of the molecule is CCCCNC(N)=NCc1ccc(OCC(F)(F)F)c(OC)c1.I. The second kappa shape index (κ2) is 11.2. The lowest BCUT2D eigenvalue weighted by Crippen LogP contribution is -2.32. The molecule has 24 heavy (non-hydrogen) atoms. The van der Waals surface area contributed by atoms with Gasteiger partial charge in [-0.05, 0) is 24.1 Å². The fourth-order valence-corrected chi connectivity index (χ4v) is 1.71. The van der Waals surface area contributed by atoms with Crippen LogP contribution in [0.25, 0.3) is 0 Å². The summed E-state index contributed by atoms with van der Waals surface area (Å²) in [6, 6.07) is 4.63. The molecule has 138 valence electrons. The first-order valence-corrected chi connectivity index (χ1v) is 7.26. The van der Waals surface area contributed by atoms with Gasteiger partial charge in [-0.3, -0.25) is 0 Å². The standard InChI is InChI=1S/C15H22F3N3O2.HI/c1-3-4-7-20-14(19)21-9-11-5-6-12(13(8-11)22-2)23-10-15(16,17)18;/h5-6,8H,3-4,7,9-10H2,1-2H3,(H3,19,20,21);1H. The quantitative estimate of drug-likeness (QED) is 0.269. The van der Waals surface area contributed by atoms with Gasteiger partial charge in [0, 0.05) is 6.54 Å². The summed E-state index contributed by atoms with van der Waals surface area (Å²) in [5, 5.41) is 2.98. The highest BCUT2D eigenvalue weighted by Crippen LogP contribution is 2.30. The zero-order chi connectivity index (χ0) is 17.3. The third-order valence-electron chi connectivity index (χ3n) is 2.89. The number of halogens is 4. The van der Waals surface area contributed by atoms with Crippen LogP contribution in [0.2, 0.25) is 0 Å². The molecular weight excluding hydrogens is 438 g/mol. The predicted octanol–water partition coefficient (Wildman–Crippen LogP) is 3.46. The van der Waals surface area contributed by atoms with E-state index in [1.807, 2.05) is 0 Å². The summed E-state index contributed by atoms with van der Waals surface area (Å²) in [5.74, 6) is 0.584. The summed E-state index contributed by atoms with van der Waals surface area (Å²) < 4.78 is 46.3. The first-order chi connectivity index (χ1) is 10.9. The van der Waals surface area contributed by atoms with Gasteiger partial charge < -0.3 is 20.5 Å². The molecule has 0 bridgehead atoms. The van der Waals surface area contributed by atoms with Crippen molar-refractivity contribution in [3.8, 4) is 11.5 Å². The highest BCUT2D eigenvalue weighted by atomic mass is 127. The summed E-state index contributed by atoms with van der Waals surface area (Å²) in [4.78, 5) is 4.16. The van der Waals surface area contributed by atoms with E-state index >= 15 is 0 Å². The molecule has 0 heterocycles. The molecular formula is C15H23F3IN3O2.